The summed E-state index contributed by atoms with van der Waals surface area (Å²) in [7, 11) is 0. The summed E-state index contributed by atoms with van der Waals surface area (Å²) in [5.41, 5.74) is 0. The summed E-state index contributed by atoms with van der Waals surface area (Å²) >= 11 is 0. The lowest BCUT2D eigenvalue weighted by molar-refractivity contribution is -0.0628. The first kappa shape index (κ1) is 11.8. The molecule has 1 aliphatic heterocycles. The molecular weight excluding hydrogens is 244 g/mol. The lowest BCUT2D eigenvalue weighted by Gasteiger charge is -2.11. The number of carbonyl (C=O) groups is 1. The first-order valence-corrected chi connectivity index (χ1v) is 6.28. The topological polar surface area (TPSA) is 44.8 Å². The predicted octanol–water partition coefficient (Wildman–Crippen LogP) is 3.41. The van der Waals surface area contributed by atoms with Crippen molar-refractivity contribution >= 4 is 6.16 Å². The molecule has 0 spiro atoms. The Bertz CT molecular complexity index is 518. The molecule has 0 saturated carbocycles. The number of rotatable bonds is 2. The second-order valence-corrected chi connectivity index (χ2v) is 4.50. The van der Waals surface area contributed by atoms with E-state index in [0.29, 0.717) is 18.1 Å². The predicted molar refractivity (Wildman–Crippen MR) is 68.4 cm³/mol. The standard InChI is InChI=1S/C15H14O4/c16-15(17-12-7-2-1-3-8-12)19-14-10-11-6-4-5-9-13(11)18-14/h1-5,7-9,11,14H,6,10H2. The maximum Gasteiger partial charge on any atom is 0.516 e. The third-order valence-corrected chi connectivity index (χ3v) is 3.14. The average molecular weight is 258 g/mol. The molecule has 2 unspecified atom stereocenters. The van der Waals surface area contributed by atoms with Crippen LogP contribution < -0.4 is 4.74 Å². The summed E-state index contributed by atoms with van der Waals surface area (Å²) in [6.45, 7) is 0. The molecule has 98 valence electrons. The van der Waals surface area contributed by atoms with Gasteiger partial charge in [-0.25, -0.2) is 4.79 Å². The maximum absolute atomic E-state index is 11.6. The number of benzene rings is 1. The van der Waals surface area contributed by atoms with E-state index >= 15 is 0 Å². The molecule has 0 N–H and O–H groups in total. The fourth-order valence-electron chi connectivity index (χ4n) is 2.23. The number of carbonyl (C=O) groups excluding carboxylic acids is 1. The van der Waals surface area contributed by atoms with Gasteiger partial charge in [0.25, 0.3) is 0 Å². The van der Waals surface area contributed by atoms with E-state index in [9.17, 15) is 4.79 Å². The first-order valence-electron chi connectivity index (χ1n) is 6.28. The summed E-state index contributed by atoms with van der Waals surface area (Å²) in [5.74, 6) is 1.67. The zero-order valence-electron chi connectivity index (χ0n) is 10.3. The molecule has 4 heteroatoms. The fraction of sp³-hybridized carbons (Fsp3) is 0.267. The second-order valence-electron chi connectivity index (χ2n) is 4.50. The molecule has 0 amide bonds. The fourth-order valence-corrected chi connectivity index (χ4v) is 2.23. The molecule has 3 rings (SSSR count). The van der Waals surface area contributed by atoms with Crippen molar-refractivity contribution in [1.29, 1.82) is 0 Å². The molecule has 1 aromatic rings. The van der Waals surface area contributed by atoms with Gasteiger partial charge in [-0.2, -0.15) is 0 Å². The van der Waals surface area contributed by atoms with Gasteiger partial charge >= 0.3 is 6.16 Å². The Morgan fingerprint density at radius 3 is 2.89 bits per heavy atom. The van der Waals surface area contributed by atoms with Crippen LogP contribution in [0.25, 0.3) is 0 Å². The van der Waals surface area contributed by atoms with Crippen LogP contribution in [0.5, 0.6) is 5.75 Å². The lowest BCUT2D eigenvalue weighted by atomic mass is 9.97. The van der Waals surface area contributed by atoms with Crippen molar-refractivity contribution in [3.8, 4) is 5.75 Å². The number of fused-ring (bicyclic) bond motifs is 1. The monoisotopic (exact) mass is 258 g/mol. The normalized spacial score (nSPS) is 24.1. The van der Waals surface area contributed by atoms with Crippen LogP contribution in [0.3, 0.4) is 0 Å². The zero-order chi connectivity index (χ0) is 13.1. The van der Waals surface area contributed by atoms with E-state index in [4.69, 9.17) is 14.2 Å². The Labute approximate surface area is 111 Å². The molecule has 1 saturated heterocycles. The number of allylic oxidation sites excluding steroid dienone is 4. The number of ether oxygens (including phenoxy) is 3. The molecule has 1 heterocycles. The highest BCUT2D eigenvalue weighted by molar-refractivity contribution is 5.63. The number of hydrogen-bond donors (Lipinski definition) is 0. The van der Waals surface area contributed by atoms with Gasteiger partial charge in [-0.05, 0) is 24.6 Å². The van der Waals surface area contributed by atoms with Crippen molar-refractivity contribution in [3.05, 3.63) is 54.3 Å². The van der Waals surface area contributed by atoms with E-state index in [1.54, 1.807) is 24.3 Å². The van der Waals surface area contributed by atoms with Crippen LogP contribution in [0.1, 0.15) is 12.8 Å². The SMILES string of the molecule is O=C(Oc1ccccc1)OC1CC2CC=CC=C2O1. The van der Waals surface area contributed by atoms with E-state index in [0.717, 1.165) is 12.2 Å². The zero-order valence-corrected chi connectivity index (χ0v) is 10.3. The molecule has 0 radical (unpaired) electrons. The van der Waals surface area contributed by atoms with Crippen molar-refractivity contribution < 1.29 is 19.0 Å². The van der Waals surface area contributed by atoms with Gasteiger partial charge in [0.1, 0.15) is 11.5 Å². The van der Waals surface area contributed by atoms with Gasteiger partial charge in [0, 0.05) is 12.3 Å². The number of para-hydroxylation sites is 1. The molecule has 0 bridgehead atoms. The Kier molecular flexibility index (Phi) is 3.23. The molecule has 1 aromatic carbocycles. The third kappa shape index (κ3) is 2.78. The highest BCUT2D eigenvalue weighted by Crippen LogP contribution is 2.35. The summed E-state index contributed by atoms with van der Waals surface area (Å²) in [4.78, 5) is 11.6. The Morgan fingerprint density at radius 1 is 1.26 bits per heavy atom. The van der Waals surface area contributed by atoms with E-state index in [1.807, 2.05) is 18.2 Å². The second kappa shape index (κ2) is 5.18. The third-order valence-electron chi connectivity index (χ3n) is 3.14. The van der Waals surface area contributed by atoms with Crippen LogP contribution in [0.15, 0.2) is 54.3 Å². The van der Waals surface area contributed by atoms with E-state index in [2.05, 4.69) is 6.08 Å². The van der Waals surface area contributed by atoms with Gasteiger partial charge < -0.3 is 14.2 Å². The molecule has 19 heavy (non-hydrogen) atoms. The summed E-state index contributed by atoms with van der Waals surface area (Å²) in [6, 6.07) is 8.83. The minimum atomic E-state index is -0.733. The smallest absolute Gasteiger partial charge is 0.459 e. The van der Waals surface area contributed by atoms with Crippen molar-refractivity contribution in [3.63, 3.8) is 0 Å². The van der Waals surface area contributed by atoms with Crippen LogP contribution in [0.2, 0.25) is 0 Å². The molecule has 1 fully saturated rings. The first-order chi connectivity index (χ1) is 9.31. The van der Waals surface area contributed by atoms with E-state index in [-0.39, 0.29) is 0 Å². The van der Waals surface area contributed by atoms with Crippen LogP contribution in [-0.2, 0) is 9.47 Å². The van der Waals surface area contributed by atoms with Crippen LogP contribution in [-0.4, -0.2) is 12.4 Å². The van der Waals surface area contributed by atoms with Gasteiger partial charge in [0.2, 0.25) is 6.29 Å². The van der Waals surface area contributed by atoms with Gasteiger partial charge in [-0.3, -0.25) is 0 Å². The Morgan fingerprint density at radius 2 is 2.11 bits per heavy atom. The summed E-state index contributed by atoms with van der Waals surface area (Å²) in [5, 5.41) is 0. The largest absolute Gasteiger partial charge is 0.516 e. The molecule has 0 aromatic heterocycles. The highest BCUT2D eigenvalue weighted by Gasteiger charge is 2.33. The Hall–Kier alpha value is -2.23. The molecule has 2 aliphatic rings. The van der Waals surface area contributed by atoms with Crippen molar-refractivity contribution in [2.45, 2.75) is 19.1 Å². The van der Waals surface area contributed by atoms with Crippen molar-refractivity contribution in [2.24, 2.45) is 5.92 Å². The summed E-state index contributed by atoms with van der Waals surface area (Å²) in [6.07, 6.45) is 6.29. The van der Waals surface area contributed by atoms with Gasteiger partial charge in [0.05, 0.1) is 0 Å². The van der Waals surface area contributed by atoms with Gasteiger partial charge in [-0.15, -0.1) is 0 Å². The summed E-state index contributed by atoms with van der Waals surface area (Å²) < 4.78 is 15.8. The van der Waals surface area contributed by atoms with Crippen LogP contribution in [0.4, 0.5) is 4.79 Å². The van der Waals surface area contributed by atoms with Crippen molar-refractivity contribution in [1.82, 2.24) is 0 Å². The van der Waals surface area contributed by atoms with Crippen LogP contribution in [0, 0.1) is 5.92 Å². The van der Waals surface area contributed by atoms with Crippen molar-refractivity contribution in [2.75, 3.05) is 0 Å². The van der Waals surface area contributed by atoms with E-state index in [1.165, 1.54) is 0 Å². The molecular formula is C15H14O4. The van der Waals surface area contributed by atoms with Gasteiger partial charge in [0.15, 0.2) is 0 Å². The molecule has 2 atom stereocenters. The highest BCUT2D eigenvalue weighted by atomic mass is 16.8. The average Bonchev–Trinajstić information content (AvgIpc) is 2.81. The quantitative estimate of drug-likeness (QED) is 0.602. The van der Waals surface area contributed by atoms with Crippen LogP contribution >= 0.6 is 0 Å². The minimum Gasteiger partial charge on any atom is -0.459 e. The maximum atomic E-state index is 11.6. The lowest BCUT2D eigenvalue weighted by Crippen LogP contribution is -2.19. The minimum absolute atomic E-state index is 0.319. The molecule has 4 nitrogen and oxygen atoms in total. The Balaban J connectivity index is 1.54. The molecule has 1 aliphatic carbocycles. The van der Waals surface area contributed by atoms with Gasteiger partial charge in [-0.1, -0.05) is 30.4 Å². The number of hydrogen-bond acceptors (Lipinski definition) is 4. The van der Waals surface area contributed by atoms with E-state index < -0.39 is 12.4 Å².